The predicted octanol–water partition coefficient (Wildman–Crippen LogP) is 8.75. The van der Waals surface area contributed by atoms with Gasteiger partial charge in [-0.25, -0.2) is 0 Å². The normalized spacial score (nSPS) is 14.9. The number of rotatable bonds is 2. The molecule has 0 N–H and O–H groups in total. The van der Waals surface area contributed by atoms with Gasteiger partial charge in [-0.15, -0.1) is 0 Å². The Bertz CT molecular complexity index is 1240. The van der Waals surface area contributed by atoms with Gasteiger partial charge in [0.1, 0.15) is 0 Å². The highest BCUT2D eigenvalue weighted by atomic mass is 15.1. The molecule has 0 saturated heterocycles. The molecule has 0 unspecified atom stereocenters. The standard InChI is InChI=1S/C34H37N/c1-32(2,3)26-18-20-28-30(22-26)35(7)31-23-27(33(4,5)6)19-21-29(31)34(28,24-14-10-8-11-15-24)25-16-12-9-13-17-25/h8-23H,1-7H3. The fourth-order valence-corrected chi connectivity index (χ4v) is 5.63. The first kappa shape index (κ1) is 23.4. The maximum atomic E-state index is 2.42. The summed E-state index contributed by atoms with van der Waals surface area (Å²) < 4.78 is 0. The second-order valence-corrected chi connectivity index (χ2v) is 12.0. The Hall–Kier alpha value is -3.32. The maximum absolute atomic E-state index is 2.42. The van der Waals surface area contributed by atoms with E-state index in [0.717, 1.165) is 0 Å². The molecule has 35 heavy (non-hydrogen) atoms. The fourth-order valence-electron chi connectivity index (χ4n) is 5.63. The third-order valence-electron chi connectivity index (χ3n) is 7.67. The highest BCUT2D eigenvalue weighted by molar-refractivity contribution is 5.84. The highest BCUT2D eigenvalue weighted by Gasteiger charge is 2.46. The summed E-state index contributed by atoms with van der Waals surface area (Å²) in [4.78, 5) is 2.42. The lowest BCUT2D eigenvalue weighted by atomic mass is 9.62. The minimum Gasteiger partial charge on any atom is -0.344 e. The summed E-state index contributed by atoms with van der Waals surface area (Å²) in [5, 5.41) is 0. The van der Waals surface area contributed by atoms with Crippen LogP contribution in [0.2, 0.25) is 0 Å². The molecule has 1 aliphatic heterocycles. The van der Waals surface area contributed by atoms with E-state index in [9.17, 15) is 0 Å². The zero-order valence-electron chi connectivity index (χ0n) is 22.2. The fraction of sp³-hybridized carbons (Fsp3) is 0.294. The van der Waals surface area contributed by atoms with Gasteiger partial charge in [0.25, 0.3) is 0 Å². The summed E-state index contributed by atoms with van der Waals surface area (Å²) in [6, 6.07) is 36.4. The van der Waals surface area contributed by atoms with E-state index in [-0.39, 0.29) is 10.8 Å². The molecule has 5 rings (SSSR count). The Kier molecular flexibility index (Phi) is 5.44. The van der Waals surface area contributed by atoms with E-state index in [0.29, 0.717) is 0 Å². The van der Waals surface area contributed by atoms with Crippen molar-refractivity contribution in [2.75, 3.05) is 11.9 Å². The zero-order chi connectivity index (χ0) is 25.0. The van der Waals surface area contributed by atoms with Gasteiger partial charge in [0.15, 0.2) is 0 Å². The molecule has 0 atom stereocenters. The molecule has 0 spiro atoms. The maximum Gasteiger partial charge on any atom is 0.0742 e. The molecule has 0 fully saturated rings. The largest absolute Gasteiger partial charge is 0.344 e. The molecule has 0 aliphatic carbocycles. The molecule has 1 aliphatic rings. The van der Waals surface area contributed by atoms with Gasteiger partial charge in [-0.2, -0.15) is 0 Å². The van der Waals surface area contributed by atoms with E-state index >= 15 is 0 Å². The molecular formula is C34H37N. The van der Waals surface area contributed by atoms with Gasteiger partial charge >= 0.3 is 0 Å². The van der Waals surface area contributed by atoms with Crippen molar-refractivity contribution < 1.29 is 0 Å². The molecule has 0 bridgehead atoms. The van der Waals surface area contributed by atoms with Crippen LogP contribution in [0.15, 0.2) is 97.1 Å². The van der Waals surface area contributed by atoms with Crippen LogP contribution >= 0.6 is 0 Å². The smallest absolute Gasteiger partial charge is 0.0742 e. The molecule has 0 aromatic heterocycles. The number of hydrogen-bond acceptors (Lipinski definition) is 1. The molecule has 0 radical (unpaired) electrons. The Morgan fingerprint density at radius 1 is 0.514 bits per heavy atom. The molecule has 4 aromatic carbocycles. The van der Waals surface area contributed by atoms with E-state index in [1.165, 1.54) is 44.8 Å². The summed E-state index contributed by atoms with van der Waals surface area (Å²) in [7, 11) is 2.23. The van der Waals surface area contributed by atoms with Crippen molar-refractivity contribution in [2.45, 2.75) is 57.8 Å². The topological polar surface area (TPSA) is 3.24 Å². The average molecular weight is 460 g/mol. The number of nitrogens with zero attached hydrogens (tertiary/aromatic N) is 1. The van der Waals surface area contributed by atoms with Crippen LogP contribution in [0.4, 0.5) is 11.4 Å². The molecule has 1 heterocycles. The Morgan fingerprint density at radius 2 is 0.886 bits per heavy atom. The van der Waals surface area contributed by atoms with Crippen LogP contribution in [0.5, 0.6) is 0 Å². The highest BCUT2D eigenvalue weighted by Crippen LogP contribution is 2.56. The number of fused-ring (bicyclic) bond motifs is 2. The third-order valence-corrected chi connectivity index (χ3v) is 7.67. The first-order valence-electron chi connectivity index (χ1n) is 12.7. The van der Waals surface area contributed by atoms with Crippen LogP contribution in [0.1, 0.15) is 74.9 Å². The average Bonchev–Trinajstić information content (AvgIpc) is 2.84. The number of hydrogen-bond donors (Lipinski definition) is 0. The monoisotopic (exact) mass is 459 g/mol. The van der Waals surface area contributed by atoms with E-state index in [1.807, 2.05) is 0 Å². The van der Waals surface area contributed by atoms with Crippen molar-refractivity contribution >= 4 is 11.4 Å². The van der Waals surface area contributed by atoms with E-state index < -0.39 is 5.41 Å². The summed E-state index contributed by atoms with van der Waals surface area (Å²) in [6.45, 7) is 13.8. The molecule has 1 heteroatoms. The second kappa shape index (κ2) is 8.12. The second-order valence-electron chi connectivity index (χ2n) is 12.0. The summed E-state index contributed by atoms with van der Waals surface area (Å²) in [5.41, 5.74) is 10.3. The van der Waals surface area contributed by atoms with E-state index in [1.54, 1.807) is 0 Å². The van der Waals surface area contributed by atoms with Crippen LogP contribution in [0.25, 0.3) is 0 Å². The Balaban J connectivity index is 1.95. The lowest BCUT2D eigenvalue weighted by Gasteiger charge is -2.46. The van der Waals surface area contributed by atoms with E-state index in [4.69, 9.17) is 0 Å². The SMILES string of the molecule is CN1c2cc(C(C)(C)C)ccc2C(c2ccccc2)(c2ccccc2)c2ccc(C(C)(C)C)cc21. The van der Waals surface area contributed by atoms with Crippen molar-refractivity contribution in [1.82, 2.24) is 0 Å². The van der Waals surface area contributed by atoms with Crippen molar-refractivity contribution in [3.8, 4) is 0 Å². The van der Waals surface area contributed by atoms with E-state index in [2.05, 4.69) is 151 Å². The van der Waals surface area contributed by atoms with Gasteiger partial charge in [0.2, 0.25) is 0 Å². The van der Waals surface area contributed by atoms with Gasteiger partial charge in [0.05, 0.1) is 5.41 Å². The third kappa shape index (κ3) is 3.69. The first-order valence-corrected chi connectivity index (χ1v) is 12.7. The van der Waals surface area contributed by atoms with Crippen LogP contribution in [0.3, 0.4) is 0 Å². The van der Waals surface area contributed by atoms with Crippen LogP contribution in [-0.2, 0) is 16.2 Å². The van der Waals surface area contributed by atoms with Gasteiger partial charge in [-0.3, -0.25) is 0 Å². The molecular weight excluding hydrogens is 422 g/mol. The number of benzene rings is 4. The van der Waals surface area contributed by atoms with Crippen LogP contribution < -0.4 is 4.90 Å². The minimum absolute atomic E-state index is 0.0750. The lowest BCUT2D eigenvalue weighted by Crippen LogP contribution is -2.38. The first-order chi connectivity index (χ1) is 16.5. The summed E-state index contributed by atoms with van der Waals surface area (Å²) in [5.74, 6) is 0. The van der Waals surface area contributed by atoms with Crippen molar-refractivity contribution in [2.24, 2.45) is 0 Å². The van der Waals surface area contributed by atoms with Crippen molar-refractivity contribution in [3.05, 3.63) is 130 Å². The quantitative estimate of drug-likeness (QED) is 0.290. The summed E-state index contributed by atoms with van der Waals surface area (Å²) >= 11 is 0. The zero-order valence-corrected chi connectivity index (χ0v) is 22.2. The van der Waals surface area contributed by atoms with Gasteiger partial charge in [-0.1, -0.05) is 126 Å². The van der Waals surface area contributed by atoms with Crippen LogP contribution in [-0.4, -0.2) is 7.05 Å². The molecule has 178 valence electrons. The van der Waals surface area contributed by atoms with Gasteiger partial charge in [0, 0.05) is 18.4 Å². The number of anilines is 2. The Morgan fingerprint density at radius 3 is 1.23 bits per heavy atom. The lowest BCUT2D eigenvalue weighted by molar-refractivity contribution is 0.587. The van der Waals surface area contributed by atoms with Gasteiger partial charge < -0.3 is 4.90 Å². The summed E-state index contributed by atoms with van der Waals surface area (Å²) in [6.07, 6.45) is 0. The Labute approximate surface area is 211 Å². The molecule has 0 saturated carbocycles. The van der Waals surface area contributed by atoms with Gasteiger partial charge in [-0.05, 0) is 56.3 Å². The molecule has 0 amide bonds. The molecule has 4 aromatic rings. The van der Waals surface area contributed by atoms with Crippen molar-refractivity contribution in [1.29, 1.82) is 0 Å². The van der Waals surface area contributed by atoms with Crippen LogP contribution in [0, 0.1) is 0 Å². The molecule has 1 nitrogen and oxygen atoms in total. The predicted molar refractivity (Wildman–Crippen MR) is 150 cm³/mol. The van der Waals surface area contributed by atoms with Crippen molar-refractivity contribution in [3.63, 3.8) is 0 Å². The minimum atomic E-state index is -0.396.